The van der Waals surface area contributed by atoms with Crippen molar-refractivity contribution in [2.45, 2.75) is 25.7 Å². The summed E-state index contributed by atoms with van der Waals surface area (Å²) in [7, 11) is 0. The molecule has 0 aliphatic rings. The van der Waals surface area contributed by atoms with Gasteiger partial charge >= 0.3 is 41.2 Å². The maximum atomic E-state index is 4.74. The van der Waals surface area contributed by atoms with Crippen LogP contribution in [-0.4, -0.2) is 24.9 Å². The van der Waals surface area contributed by atoms with Gasteiger partial charge in [0, 0.05) is 42.2 Å². The Bertz CT molecular complexity index is 3800. The minimum Gasteiger partial charge on any atom is -0.363 e. The van der Waals surface area contributed by atoms with Crippen LogP contribution in [0.4, 0.5) is 17.1 Å². The Morgan fingerprint density at radius 1 is 0.354 bits per heavy atom. The van der Waals surface area contributed by atoms with Crippen LogP contribution in [-0.2, 0) is 66.9 Å². The van der Waals surface area contributed by atoms with Crippen LogP contribution in [0.15, 0.2) is 249 Å². The Labute approximate surface area is 490 Å². The van der Waals surface area contributed by atoms with Crippen LogP contribution in [0, 0.1) is 30.3 Å². The van der Waals surface area contributed by atoms with Crippen molar-refractivity contribution in [1.29, 1.82) is 0 Å². The van der Waals surface area contributed by atoms with E-state index in [9.17, 15) is 0 Å². The van der Waals surface area contributed by atoms with E-state index in [1.807, 2.05) is 79.3 Å². The van der Waals surface area contributed by atoms with Crippen molar-refractivity contribution in [3.8, 4) is 78.5 Å². The zero-order valence-corrected chi connectivity index (χ0v) is 47.5. The number of hydrogen-bond donors (Lipinski definition) is 0. The van der Waals surface area contributed by atoms with E-state index in [0.717, 1.165) is 110 Å². The number of aryl methyl sites for hydroxylation is 4. The molecule has 4 aromatic heterocycles. The summed E-state index contributed by atoms with van der Waals surface area (Å²) in [6, 6.07) is 94.1. The van der Waals surface area contributed by atoms with Gasteiger partial charge in [-0.2, -0.15) is 5.56 Å². The Morgan fingerprint density at radius 3 is 1.47 bits per heavy atom. The van der Waals surface area contributed by atoms with E-state index in [1.54, 1.807) is 12.4 Å². The van der Waals surface area contributed by atoms with Crippen molar-refractivity contribution in [2.75, 3.05) is 4.90 Å². The maximum absolute atomic E-state index is 4.74. The van der Waals surface area contributed by atoms with Gasteiger partial charge in [-0.25, -0.2) is 11.6 Å². The molecule has 0 bridgehead atoms. The number of anilines is 3. The number of para-hydroxylation sites is 1. The number of rotatable bonds is 16. The predicted octanol–water partition coefficient (Wildman–Crippen LogP) is 16.4. The Balaban J connectivity index is 0.00000352. The van der Waals surface area contributed by atoms with Gasteiger partial charge < -0.3 is 29.8 Å². The fourth-order valence-electron chi connectivity index (χ4n) is 9.87. The Kier molecular flexibility index (Phi) is 17.5. The molecule has 12 rings (SSSR count). The van der Waals surface area contributed by atoms with Gasteiger partial charge in [-0.05, 0) is 99.6 Å². The predicted molar refractivity (Wildman–Crippen MR) is 310 cm³/mol. The molecule has 382 valence electrons. The maximum Gasteiger partial charge on any atom is 3.00 e. The average Bonchev–Trinajstić information content (AvgIpc) is 3.61. The monoisotopic (exact) mass is 1370 g/mol. The SMILES string of the molecule is [Ir+3].[Pt+2].[c-]1cc(-c2ccccc2-c2cc(CCc3c[c-]c(-c4ccccn4)cc3)cc(CCc3c[c-]c(-c4ccccn4)cc3)c2)c(N(c2[c-]c(-c3ccccn3)ccc2)c2ccccc2-c2ccccc2)[c-]c1-c1ncccn1. The quantitative estimate of drug-likeness (QED) is 0.0898. The van der Waals surface area contributed by atoms with Crippen molar-refractivity contribution >= 4 is 17.1 Å². The van der Waals surface area contributed by atoms with Gasteiger partial charge in [0.15, 0.2) is 0 Å². The van der Waals surface area contributed by atoms with Crippen LogP contribution in [0.3, 0.4) is 0 Å². The second-order valence-electron chi connectivity index (χ2n) is 18.7. The molecular formula is C71H49IrN6Pt. The van der Waals surface area contributed by atoms with E-state index in [1.165, 1.54) is 22.3 Å². The van der Waals surface area contributed by atoms with Crippen LogP contribution >= 0.6 is 0 Å². The molecule has 12 aromatic rings. The third-order valence-electron chi connectivity index (χ3n) is 13.7. The molecule has 0 atom stereocenters. The van der Waals surface area contributed by atoms with Gasteiger partial charge in [0.25, 0.3) is 0 Å². The molecule has 8 heteroatoms. The zero-order chi connectivity index (χ0) is 51.6. The van der Waals surface area contributed by atoms with Crippen LogP contribution in [0.2, 0.25) is 0 Å². The first-order valence-corrected chi connectivity index (χ1v) is 25.9. The molecule has 0 N–H and O–H groups in total. The summed E-state index contributed by atoms with van der Waals surface area (Å²) in [6.45, 7) is 0. The summed E-state index contributed by atoms with van der Waals surface area (Å²) < 4.78 is 0. The topological polar surface area (TPSA) is 67.7 Å². The zero-order valence-electron chi connectivity index (χ0n) is 42.8. The van der Waals surface area contributed by atoms with E-state index in [-0.39, 0.29) is 41.2 Å². The molecule has 4 heterocycles. The average molecular weight is 1370 g/mol. The third kappa shape index (κ3) is 12.6. The summed E-state index contributed by atoms with van der Waals surface area (Å²) in [4.78, 5) is 25.5. The third-order valence-corrected chi connectivity index (χ3v) is 13.7. The van der Waals surface area contributed by atoms with Crippen molar-refractivity contribution in [3.63, 3.8) is 0 Å². The van der Waals surface area contributed by atoms with Gasteiger partial charge in [-0.15, -0.1) is 106 Å². The van der Waals surface area contributed by atoms with E-state index in [4.69, 9.17) is 15.0 Å². The van der Waals surface area contributed by atoms with Crippen LogP contribution in [0.1, 0.15) is 22.3 Å². The number of hydrogen-bond acceptors (Lipinski definition) is 6. The van der Waals surface area contributed by atoms with Crippen molar-refractivity contribution in [2.24, 2.45) is 0 Å². The molecule has 0 fully saturated rings. The molecule has 0 spiro atoms. The van der Waals surface area contributed by atoms with Gasteiger partial charge in [0.05, 0.1) is 0 Å². The number of aromatic nitrogens is 5. The van der Waals surface area contributed by atoms with Crippen molar-refractivity contribution in [1.82, 2.24) is 24.9 Å². The fourth-order valence-corrected chi connectivity index (χ4v) is 9.87. The molecule has 0 saturated carbocycles. The van der Waals surface area contributed by atoms with Crippen molar-refractivity contribution in [3.05, 3.63) is 302 Å². The molecular weight excluding hydrogens is 1320 g/mol. The normalized spacial score (nSPS) is 10.8. The Hall–Kier alpha value is -8.57. The molecule has 6 nitrogen and oxygen atoms in total. The van der Waals surface area contributed by atoms with Gasteiger partial charge in [0.2, 0.25) is 0 Å². The molecule has 0 aliphatic carbocycles. The van der Waals surface area contributed by atoms with Crippen LogP contribution in [0.5, 0.6) is 0 Å². The van der Waals surface area contributed by atoms with E-state index in [0.29, 0.717) is 11.4 Å². The number of benzene rings is 8. The molecule has 0 aliphatic heterocycles. The largest absolute Gasteiger partial charge is 3.00 e. The van der Waals surface area contributed by atoms with E-state index in [2.05, 4.69) is 203 Å². The van der Waals surface area contributed by atoms with Gasteiger partial charge in [-0.1, -0.05) is 146 Å². The summed E-state index contributed by atoms with van der Waals surface area (Å²) >= 11 is 0. The van der Waals surface area contributed by atoms with Crippen molar-refractivity contribution < 1.29 is 41.2 Å². The molecule has 0 saturated heterocycles. The molecule has 79 heavy (non-hydrogen) atoms. The Morgan fingerprint density at radius 2 is 0.886 bits per heavy atom. The smallest absolute Gasteiger partial charge is 0.363 e. The minimum absolute atomic E-state index is 0. The summed E-state index contributed by atoms with van der Waals surface area (Å²) in [5, 5.41) is 0. The van der Waals surface area contributed by atoms with E-state index < -0.39 is 0 Å². The van der Waals surface area contributed by atoms with Crippen LogP contribution < -0.4 is 4.90 Å². The first kappa shape index (κ1) is 53.8. The standard InChI is InChI=1S/C71H49N6.Ir.Pt/c1-2-16-55(17-3-1)63-21-6-7-26-69(63)77(61-19-14-18-58(49-61)68-25-10-13-43-74-68)70-50-59(71-75-44-15-45-76-71)39-40-65(70)64-22-5-4-20-62(64)60-47-53(29-27-51-31-35-56(36-32-51)66-23-8-11-41-72-66)46-54(48-60)30-28-52-33-37-57(38-34-52)67-24-9-12-42-73-67;;/h1-26,31-35,37,40-48H,27-30H2;;/q-5;+3;+2. The minimum atomic E-state index is 0. The van der Waals surface area contributed by atoms with E-state index >= 15 is 0 Å². The molecule has 0 unspecified atom stereocenters. The second kappa shape index (κ2) is 25.7. The molecule has 0 amide bonds. The first-order chi connectivity index (χ1) is 38.2. The number of nitrogens with zero attached hydrogens (tertiary/aromatic N) is 6. The molecule has 0 radical (unpaired) electrons. The summed E-state index contributed by atoms with van der Waals surface area (Å²) in [5.74, 6) is 0.529. The van der Waals surface area contributed by atoms with Crippen LogP contribution in [0.25, 0.3) is 78.5 Å². The summed E-state index contributed by atoms with van der Waals surface area (Å²) in [5.41, 5.74) is 20.0. The van der Waals surface area contributed by atoms with Gasteiger partial charge in [0.1, 0.15) is 0 Å². The summed E-state index contributed by atoms with van der Waals surface area (Å²) in [6.07, 6.45) is 12.4. The van der Waals surface area contributed by atoms with Gasteiger partial charge in [-0.3, -0.25) is 12.1 Å². The molecule has 8 aromatic carbocycles. The fraction of sp³-hybridized carbons (Fsp3) is 0.0563. The number of pyridine rings is 3. The second-order valence-corrected chi connectivity index (χ2v) is 18.7. The first-order valence-electron chi connectivity index (χ1n) is 25.9.